The molecule has 2 N–H and O–H groups in total. The number of hydrogen-bond donors (Lipinski definition) is 1. The average Bonchev–Trinajstić information content (AvgIpc) is 2.86. The maximum atomic E-state index is 12.1. The van der Waals surface area contributed by atoms with Crippen LogP contribution < -0.4 is 10.5 Å². The first-order valence-electron chi connectivity index (χ1n) is 6.71. The molecule has 0 radical (unpaired) electrons. The van der Waals surface area contributed by atoms with Crippen LogP contribution in [0.1, 0.15) is 5.76 Å². The zero-order chi connectivity index (χ0) is 16.2. The van der Waals surface area contributed by atoms with Crippen molar-refractivity contribution in [2.45, 2.75) is 12.9 Å². The maximum absolute atomic E-state index is 12.1. The molecule has 1 heterocycles. The molecule has 0 spiro atoms. The molecule has 0 aliphatic heterocycles. The van der Waals surface area contributed by atoms with Gasteiger partial charge in [0.25, 0.3) is 0 Å². The van der Waals surface area contributed by atoms with Crippen LogP contribution in [0.3, 0.4) is 0 Å². The van der Waals surface area contributed by atoms with E-state index in [4.69, 9.17) is 10.2 Å². The normalized spacial score (nSPS) is 11.4. The monoisotopic (exact) mass is 350 g/mol. The van der Waals surface area contributed by atoms with Crippen LogP contribution in [0.15, 0.2) is 40.8 Å². The van der Waals surface area contributed by atoms with Crippen molar-refractivity contribution in [1.82, 2.24) is 4.90 Å². The molecule has 0 saturated heterocycles. The summed E-state index contributed by atoms with van der Waals surface area (Å²) in [5, 5.41) is 0. The number of ether oxygens (including phenoxy) is 1. The third-order valence-electron chi connectivity index (χ3n) is 2.97. The van der Waals surface area contributed by atoms with Gasteiger partial charge in [-0.25, -0.2) is 0 Å². The number of nitrogens with two attached hydrogens (primary N) is 1. The van der Waals surface area contributed by atoms with Gasteiger partial charge in [-0.15, -0.1) is 25.6 Å². The van der Waals surface area contributed by atoms with Gasteiger partial charge in [-0.3, -0.25) is 4.90 Å². The van der Waals surface area contributed by atoms with Crippen LogP contribution in [0.4, 0.5) is 13.2 Å². The Morgan fingerprint density at radius 3 is 2.35 bits per heavy atom. The first kappa shape index (κ1) is 19.3. The Kier molecular flexibility index (Phi) is 6.93. The molecule has 0 aliphatic carbocycles. The number of rotatable bonds is 6. The lowest BCUT2D eigenvalue weighted by molar-refractivity contribution is -0.274. The summed E-state index contributed by atoms with van der Waals surface area (Å²) < 4.78 is 45.8. The van der Waals surface area contributed by atoms with E-state index >= 15 is 0 Å². The zero-order valence-electron chi connectivity index (χ0n) is 12.5. The van der Waals surface area contributed by atoms with E-state index in [1.807, 2.05) is 18.0 Å². The van der Waals surface area contributed by atoms with Crippen LogP contribution in [0.25, 0.3) is 11.3 Å². The number of halogens is 4. The van der Waals surface area contributed by atoms with Gasteiger partial charge in [0, 0.05) is 18.7 Å². The number of hydrogen-bond acceptors (Lipinski definition) is 4. The van der Waals surface area contributed by atoms with E-state index in [1.165, 1.54) is 24.3 Å². The van der Waals surface area contributed by atoms with Crippen molar-refractivity contribution >= 4 is 12.4 Å². The van der Waals surface area contributed by atoms with Gasteiger partial charge in [-0.1, -0.05) is 0 Å². The molecule has 128 valence electrons. The fraction of sp³-hybridized carbons (Fsp3) is 0.333. The predicted octanol–water partition coefficient (Wildman–Crippen LogP) is 3.66. The Labute approximate surface area is 138 Å². The molecule has 0 aliphatic rings. The Morgan fingerprint density at radius 2 is 1.78 bits per heavy atom. The van der Waals surface area contributed by atoms with Crippen molar-refractivity contribution in [3.8, 4) is 17.1 Å². The van der Waals surface area contributed by atoms with Crippen molar-refractivity contribution in [2.24, 2.45) is 5.73 Å². The van der Waals surface area contributed by atoms with Gasteiger partial charge in [0.1, 0.15) is 17.3 Å². The Bertz CT molecular complexity index is 600. The average molecular weight is 351 g/mol. The number of alkyl halides is 3. The van der Waals surface area contributed by atoms with Gasteiger partial charge in [-0.05, 0) is 43.4 Å². The molecule has 1 aromatic carbocycles. The highest BCUT2D eigenvalue weighted by Gasteiger charge is 2.30. The van der Waals surface area contributed by atoms with Gasteiger partial charge < -0.3 is 14.9 Å². The van der Waals surface area contributed by atoms with E-state index in [0.717, 1.165) is 12.3 Å². The molecule has 0 unspecified atom stereocenters. The summed E-state index contributed by atoms with van der Waals surface area (Å²) in [6, 6.07) is 9.17. The summed E-state index contributed by atoms with van der Waals surface area (Å²) >= 11 is 0. The number of nitrogens with zero attached hydrogens (tertiary/aromatic N) is 1. The Hall–Kier alpha value is -1.70. The van der Waals surface area contributed by atoms with E-state index in [0.29, 0.717) is 24.4 Å². The standard InChI is InChI=1S/C15H17F3N2O2.ClH/c1-20(9-8-19)10-13-6-7-14(21-13)11-2-4-12(5-3-11)22-15(16,17)18;/h2-7H,8-10,19H2,1H3;1H. The molecule has 0 saturated carbocycles. The number of benzene rings is 1. The summed E-state index contributed by atoms with van der Waals surface area (Å²) in [6.07, 6.45) is -4.69. The smallest absolute Gasteiger partial charge is 0.460 e. The van der Waals surface area contributed by atoms with E-state index in [2.05, 4.69) is 4.74 Å². The molecular weight excluding hydrogens is 333 g/mol. The molecule has 0 bridgehead atoms. The minimum Gasteiger partial charge on any atom is -0.460 e. The predicted molar refractivity (Wildman–Crippen MR) is 83.5 cm³/mol. The summed E-state index contributed by atoms with van der Waals surface area (Å²) in [7, 11) is 1.93. The molecule has 2 aromatic rings. The molecule has 2 rings (SSSR count). The third kappa shape index (κ3) is 6.13. The molecule has 23 heavy (non-hydrogen) atoms. The fourth-order valence-electron chi connectivity index (χ4n) is 2.00. The summed E-state index contributed by atoms with van der Waals surface area (Å²) in [5.41, 5.74) is 6.16. The molecule has 8 heteroatoms. The summed E-state index contributed by atoms with van der Waals surface area (Å²) in [5.74, 6) is 1.10. The second-order valence-corrected chi connectivity index (χ2v) is 4.86. The summed E-state index contributed by atoms with van der Waals surface area (Å²) in [6.45, 7) is 1.93. The van der Waals surface area contributed by atoms with Crippen LogP contribution in [0.5, 0.6) is 5.75 Å². The van der Waals surface area contributed by atoms with Gasteiger partial charge in [-0.2, -0.15) is 0 Å². The largest absolute Gasteiger partial charge is 0.573 e. The van der Waals surface area contributed by atoms with Crippen LogP contribution in [0.2, 0.25) is 0 Å². The van der Waals surface area contributed by atoms with Gasteiger partial charge in [0.15, 0.2) is 0 Å². The minimum atomic E-state index is -4.69. The highest BCUT2D eigenvalue weighted by Crippen LogP contribution is 2.27. The van der Waals surface area contributed by atoms with Gasteiger partial charge >= 0.3 is 6.36 Å². The van der Waals surface area contributed by atoms with Crippen LogP contribution in [-0.4, -0.2) is 31.4 Å². The van der Waals surface area contributed by atoms with Crippen molar-refractivity contribution in [2.75, 3.05) is 20.1 Å². The quantitative estimate of drug-likeness (QED) is 0.864. The van der Waals surface area contributed by atoms with Crippen molar-refractivity contribution < 1.29 is 22.3 Å². The first-order valence-corrected chi connectivity index (χ1v) is 6.71. The minimum absolute atomic E-state index is 0. The summed E-state index contributed by atoms with van der Waals surface area (Å²) in [4.78, 5) is 2.02. The molecule has 1 aromatic heterocycles. The lowest BCUT2D eigenvalue weighted by Gasteiger charge is -2.12. The second-order valence-electron chi connectivity index (χ2n) is 4.86. The van der Waals surface area contributed by atoms with Crippen LogP contribution in [-0.2, 0) is 6.54 Å². The van der Waals surface area contributed by atoms with Crippen molar-refractivity contribution in [3.05, 3.63) is 42.2 Å². The topological polar surface area (TPSA) is 51.6 Å². The van der Waals surface area contributed by atoms with Crippen molar-refractivity contribution in [3.63, 3.8) is 0 Å². The van der Waals surface area contributed by atoms with E-state index in [1.54, 1.807) is 6.07 Å². The SMILES string of the molecule is CN(CCN)Cc1ccc(-c2ccc(OC(F)(F)F)cc2)o1.Cl. The highest BCUT2D eigenvalue weighted by molar-refractivity contribution is 5.85. The van der Waals surface area contributed by atoms with Gasteiger partial charge in [0.2, 0.25) is 0 Å². The zero-order valence-corrected chi connectivity index (χ0v) is 13.3. The van der Waals surface area contributed by atoms with E-state index < -0.39 is 6.36 Å². The molecule has 4 nitrogen and oxygen atoms in total. The van der Waals surface area contributed by atoms with E-state index in [9.17, 15) is 13.2 Å². The highest BCUT2D eigenvalue weighted by atomic mass is 35.5. The van der Waals surface area contributed by atoms with Gasteiger partial charge in [0.05, 0.1) is 6.54 Å². The Balaban J connectivity index is 0.00000264. The van der Waals surface area contributed by atoms with Crippen LogP contribution >= 0.6 is 12.4 Å². The fourth-order valence-corrected chi connectivity index (χ4v) is 2.00. The molecule has 0 fully saturated rings. The van der Waals surface area contributed by atoms with Crippen molar-refractivity contribution in [1.29, 1.82) is 0 Å². The number of likely N-dealkylation sites (N-methyl/N-ethyl adjacent to an activating group) is 1. The van der Waals surface area contributed by atoms with E-state index in [-0.39, 0.29) is 18.2 Å². The lowest BCUT2D eigenvalue weighted by Crippen LogP contribution is -2.24. The second kappa shape index (κ2) is 8.24. The lowest BCUT2D eigenvalue weighted by atomic mass is 10.2. The molecule has 0 atom stereocenters. The van der Waals surface area contributed by atoms with Crippen LogP contribution in [0, 0.1) is 0 Å². The third-order valence-corrected chi connectivity index (χ3v) is 2.97. The number of furan rings is 1. The Morgan fingerprint density at radius 1 is 1.13 bits per heavy atom. The maximum Gasteiger partial charge on any atom is 0.573 e. The molecular formula is C15H18ClF3N2O2. The first-order chi connectivity index (χ1) is 10.4. The molecule has 0 amide bonds.